The lowest BCUT2D eigenvalue weighted by atomic mass is 10.2. The first-order valence-electron chi connectivity index (χ1n) is 8.37. The summed E-state index contributed by atoms with van der Waals surface area (Å²) in [5, 5.41) is 13.6. The quantitative estimate of drug-likeness (QED) is 0.494. The second kappa shape index (κ2) is 9.18. The number of nitrogens with zero attached hydrogens (tertiary/aromatic N) is 3. The summed E-state index contributed by atoms with van der Waals surface area (Å²) in [5.74, 6) is 1.09. The zero-order chi connectivity index (χ0) is 20.3. The summed E-state index contributed by atoms with van der Waals surface area (Å²) in [4.78, 5) is 12.5. The number of thioether (sulfide) groups is 1. The van der Waals surface area contributed by atoms with Crippen LogP contribution in [0.2, 0.25) is 15.1 Å². The second-order valence-corrected chi connectivity index (χ2v) is 8.36. The van der Waals surface area contributed by atoms with Gasteiger partial charge < -0.3 is 9.88 Å². The van der Waals surface area contributed by atoms with Gasteiger partial charge in [-0.25, -0.2) is 0 Å². The molecule has 0 aliphatic heterocycles. The highest BCUT2D eigenvalue weighted by atomic mass is 35.5. The maximum atomic E-state index is 12.5. The van der Waals surface area contributed by atoms with E-state index in [2.05, 4.69) is 15.5 Å². The number of amides is 1. The standard InChI is InChI=1S/C19H17Cl3N4OS/c1-11(23-18(27)15-8-7-14(21)9-16(15)22)17-24-25-19(26(17)2)28-10-12-3-5-13(20)6-4-12/h3-9,11H,10H2,1-2H3,(H,23,27)/t11-/m0/s1. The number of carbonyl (C=O) groups excluding carboxylic acids is 1. The number of hydrogen-bond donors (Lipinski definition) is 1. The molecule has 1 N–H and O–H groups in total. The van der Waals surface area contributed by atoms with Crippen molar-refractivity contribution >= 4 is 52.5 Å². The first-order valence-corrected chi connectivity index (χ1v) is 10.5. The molecule has 0 fully saturated rings. The van der Waals surface area contributed by atoms with Crippen molar-refractivity contribution in [2.75, 3.05) is 0 Å². The van der Waals surface area contributed by atoms with Crippen molar-refractivity contribution in [3.63, 3.8) is 0 Å². The van der Waals surface area contributed by atoms with Gasteiger partial charge in [0.2, 0.25) is 0 Å². The lowest BCUT2D eigenvalue weighted by Crippen LogP contribution is -2.28. The van der Waals surface area contributed by atoms with E-state index in [1.54, 1.807) is 23.9 Å². The molecule has 3 rings (SSSR count). The molecule has 146 valence electrons. The Kier molecular flexibility index (Phi) is 6.88. The van der Waals surface area contributed by atoms with Crippen molar-refractivity contribution in [1.82, 2.24) is 20.1 Å². The van der Waals surface area contributed by atoms with Crippen LogP contribution in [-0.2, 0) is 12.8 Å². The summed E-state index contributed by atoms with van der Waals surface area (Å²) < 4.78 is 1.87. The van der Waals surface area contributed by atoms with E-state index < -0.39 is 0 Å². The molecule has 1 heterocycles. The number of nitrogens with one attached hydrogen (secondary N) is 1. The lowest BCUT2D eigenvalue weighted by Gasteiger charge is -2.14. The van der Waals surface area contributed by atoms with Gasteiger partial charge in [-0.3, -0.25) is 4.79 Å². The summed E-state index contributed by atoms with van der Waals surface area (Å²) in [6.07, 6.45) is 0. The number of rotatable bonds is 6. The topological polar surface area (TPSA) is 59.8 Å². The molecule has 0 saturated carbocycles. The smallest absolute Gasteiger partial charge is 0.253 e. The fraction of sp³-hybridized carbons (Fsp3) is 0.211. The van der Waals surface area contributed by atoms with Crippen LogP contribution in [0, 0.1) is 0 Å². The Labute approximate surface area is 182 Å². The number of hydrogen-bond acceptors (Lipinski definition) is 4. The Morgan fingerprint density at radius 2 is 1.79 bits per heavy atom. The van der Waals surface area contributed by atoms with Crippen LogP contribution in [0.25, 0.3) is 0 Å². The van der Waals surface area contributed by atoms with E-state index >= 15 is 0 Å². The maximum Gasteiger partial charge on any atom is 0.253 e. The number of aromatic nitrogens is 3. The van der Waals surface area contributed by atoms with Crippen molar-refractivity contribution < 1.29 is 4.79 Å². The molecule has 0 spiro atoms. The third-order valence-corrected chi connectivity index (χ3v) is 5.95. The molecule has 2 aromatic carbocycles. The number of carbonyl (C=O) groups is 1. The van der Waals surface area contributed by atoms with Crippen LogP contribution in [0.5, 0.6) is 0 Å². The molecule has 9 heteroatoms. The van der Waals surface area contributed by atoms with Gasteiger partial charge in [-0.15, -0.1) is 10.2 Å². The van der Waals surface area contributed by atoms with E-state index in [4.69, 9.17) is 34.8 Å². The Hall–Kier alpha value is -1.73. The van der Waals surface area contributed by atoms with Crippen molar-refractivity contribution in [2.45, 2.75) is 23.9 Å². The predicted molar refractivity (Wildman–Crippen MR) is 114 cm³/mol. The number of halogens is 3. The average Bonchev–Trinajstić information content (AvgIpc) is 3.01. The fourth-order valence-electron chi connectivity index (χ4n) is 2.57. The van der Waals surface area contributed by atoms with Gasteiger partial charge in [0.05, 0.1) is 16.6 Å². The Morgan fingerprint density at radius 3 is 2.46 bits per heavy atom. The van der Waals surface area contributed by atoms with Gasteiger partial charge in [-0.2, -0.15) is 0 Å². The van der Waals surface area contributed by atoms with E-state index in [0.29, 0.717) is 26.5 Å². The molecule has 1 atom stereocenters. The van der Waals surface area contributed by atoms with Gasteiger partial charge in [0, 0.05) is 22.8 Å². The first-order chi connectivity index (χ1) is 13.3. The molecule has 5 nitrogen and oxygen atoms in total. The van der Waals surface area contributed by atoms with Crippen LogP contribution >= 0.6 is 46.6 Å². The van der Waals surface area contributed by atoms with Crippen LogP contribution in [-0.4, -0.2) is 20.7 Å². The minimum atomic E-state index is -0.346. The van der Waals surface area contributed by atoms with E-state index in [0.717, 1.165) is 16.5 Å². The SMILES string of the molecule is C[C@H](NC(=O)c1ccc(Cl)cc1Cl)c1nnc(SCc2ccc(Cl)cc2)n1C. The van der Waals surface area contributed by atoms with Crippen LogP contribution in [0.3, 0.4) is 0 Å². The Morgan fingerprint density at radius 1 is 1.11 bits per heavy atom. The second-order valence-electron chi connectivity index (χ2n) is 6.13. The van der Waals surface area contributed by atoms with Crippen LogP contribution < -0.4 is 5.32 Å². The molecule has 0 unspecified atom stereocenters. The molecule has 0 aliphatic rings. The maximum absolute atomic E-state index is 12.5. The molecule has 0 saturated heterocycles. The third-order valence-electron chi connectivity index (χ3n) is 4.06. The largest absolute Gasteiger partial charge is 0.342 e. The Balaban J connectivity index is 1.66. The Bertz CT molecular complexity index is 991. The fourth-order valence-corrected chi connectivity index (χ4v) is 4.06. The van der Waals surface area contributed by atoms with E-state index in [1.165, 1.54) is 6.07 Å². The summed E-state index contributed by atoms with van der Waals surface area (Å²) in [5.41, 5.74) is 1.50. The summed E-state index contributed by atoms with van der Waals surface area (Å²) in [6, 6.07) is 12.1. The first kappa shape index (κ1) is 21.0. The minimum Gasteiger partial charge on any atom is -0.342 e. The highest BCUT2D eigenvalue weighted by molar-refractivity contribution is 7.98. The van der Waals surface area contributed by atoms with Gasteiger partial charge in [0.25, 0.3) is 5.91 Å². The van der Waals surface area contributed by atoms with Crippen molar-refractivity contribution in [3.8, 4) is 0 Å². The zero-order valence-corrected chi connectivity index (χ0v) is 18.2. The van der Waals surface area contributed by atoms with E-state index in [9.17, 15) is 4.79 Å². The summed E-state index contributed by atoms with van der Waals surface area (Å²) in [6.45, 7) is 1.85. The summed E-state index contributed by atoms with van der Waals surface area (Å²) >= 11 is 19.5. The molecule has 1 aromatic heterocycles. The summed E-state index contributed by atoms with van der Waals surface area (Å²) in [7, 11) is 1.87. The van der Waals surface area contributed by atoms with E-state index in [-0.39, 0.29) is 11.9 Å². The highest BCUT2D eigenvalue weighted by Crippen LogP contribution is 2.25. The number of benzene rings is 2. The monoisotopic (exact) mass is 454 g/mol. The van der Waals surface area contributed by atoms with Gasteiger partial charge in [0.1, 0.15) is 0 Å². The molecular weight excluding hydrogens is 439 g/mol. The molecule has 28 heavy (non-hydrogen) atoms. The third kappa shape index (κ3) is 5.00. The molecule has 3 aromatic rings. The predicted octanol–water partition coefficient (Wildman–Crippen LogP) is 5.56. The molecular formula is C19H17Cl3N4OS. The zero-order valence-electron chi connectivity index (χ0n) is 15.1. The van der Waals surface area contributed by atoms with Gasteiger partial charge in [-0.05, 0) is 42.8 Å². The van der Waals surface area contributed by atoms with Crippen LogP contribution in [0.1, 0.15) is 34.7 Å². The molecule has 1 amide bonds. The highest BCUT2D eigenvalue weighted by Gasteiger charge is 2.19. The van der Waals surface area contributed by atoms with Crippen molar-refractivity contribution in [1.29, 1.82) is 0 Å². The molecule has 0 aliphatic carbocycles. The van der Waals surface area contributed by atoms with Gasteiger partial charge >= 0.3 is 0 Å². The normalized spacial score (nSPS) is 12.0. The van der Waals surface area contributed by atoms with Crippen molar-refractivity contribution in [3.05, 3.63) is 74.5 Å². The van der Waals surface area contributed by atoms with Crippen LogP contribution in [0.4, 0.5) is 0 Å². The van der Waals surface area contributed by atoms with Crippen LogP contribution in [0.15, 0.2) is 47.6 Å². The van der Waals surface area contributed by atoms with Crippen molar-refractivity contribution in [2.24, 2.45) is 7.05 Å². The van der Waals surface area contributed by atoms with E-state index in [1.807, 2.05) is 42.8 Å². The van der Waals surface area contributed by atoms with Gasteiger partial charge in [0.15, 0.2) is 11.0 Å². The lowest BCUT2D eigenvalue weighted by molar-refractivity contribution is 0.0938. The minimum absolute atomic E-state index is 0.299. The molecule has 0 bridgehead atoms. The van der Waals surface area contributed by atoms with Gasteiger partial charge in [-0.1, -0.05) is 58.7 Å². The molecule has 0 radical (unpaired) electrons. The average molecular weight is 456 g/mol.